The van der Waals surface area contributed by atoms with E-state index in [9.17, 15) is 4.79 Å². The van der Waals surface area contributed by atoms with Gasteiger partial charge in [0.15, 0.2) is 0 Å². The van der Waals surface area contributed by atoms with Crippen molar-refractivity contribution in [1.29, 1.82) is 0 Å². The van der Waals surface area contributed by atoms with E-state index >= 15 is 0 Å². The fourth-order valence-electron chi connectivity index (χ4n) is 2.42. The standard InChI is InChI=1S/C10H18N2O/c1-2-8-7-10(13)12(8)9-3-5-11-6-4-9/h8-9,11H,2-7H2,1H3. The highest BCUT2D eigenvalue weighted by Crippen LogP contribution is 2.28. The molecule has 2 rings (SSSR count). The smallest absolute Gasteiger partial charge is 0.225 e. The quantitative estimate of drug-likeness (QED) is 0.639. The van der Waals surface area contributed by atoms with Crippen LogP contribution < -0.4 is 5.32 Å². The Hall–Kier alpha value is -0.570. The number of nitrogens with zero attached hydrogens (tertiary/aromatic N) is 1. The van der Waals surface area contributed by atoms with Crippen LogP contribution in [0.3, 0.4) is 0 Å². The molecule has 0 aromatic carbocycles. The molecule has 0 aromatic rings. The van der Waals surface area contributed by atoms with Crippen molar-refractivity contribution in [3.05, 3.63) is 0 Å². The molecule has 0 aromatic heterocycles. The predicted molar refractivity (Wildman–Crippen MR) is 51.4 cm³/mol. The van der Waals surface area contributed by atoms with Gasteiger partial charge >= 0.3 is 0 Å². The Bertz CT molecular complexity index is 199. The third kappa shape index (κ3) is 1.57. The number of β-lactam (4-membered cyclic amide) rings is 1. The third-order valence-electron chi connectivity index (χ3n) is 3.26. The van der Waals surface area contributed by atoms with Crippen molar-refractivity contribution in [2.24, 2.45) is 0 Å². The summed E-state index contributed by atoms with van der Waals surface area (Å²) in [5.41, 5.74) is 0. The first-order valence-corrected chi connectivity index (χ1v) is 5.34. The van der Waals surface area contributed by atoms with Gasteiger partial charge in [-0.2, -0.15) is 0 Å². The number of carbonyl (C=O) groups excluding carboxylic acids is 1. The molecular formula is C10H18N2O. The summed E-state index contributed by atoms with van der Waals surface area (Å²) in [5.74, 6) is 0.374. The monoisotopic (exact) mass is 182 g/mol. The Morgan fingerprint density at radius 1 is 1.46 bits per heavy atom. The summed E-state index contributed by atoms with van der Waals surface area (Å²) in [5, 5.41) is 3.33. The molecule has 74 valence electrons. The van der Waals surface area contributed by atoms with Gasteiger partial charge in [0.2, 0.25) is 5.91 Å². The van der Waals surface area contributed by atoms with E-state index < -0.39 is 0 Å². The minimum atomic E-state index is 0.374. The highest BCUT2D eigenvalue weighted by Gasteiger charge is 2.39. The van der Waals surface area contributed by atoms with Crippen LogP contribution in [0.2, 0.25) is 0 Å². The van der Waals surface area contributed by atoms with Crippen molar-refractivity contribution >= 4 is 5.91 Å². The van der Waals surface area contributed by atoms with Crippen LogP contribution in [0.5, 0.6) is 0 Å². The van der Waals surface area contributed by atoms with Crippen LogP contribution >= 0.6 is 0 Å². The second-order valence-electron chi connectivity index (χ2n) is 4.05. The molecule has 1 amide bonds. The van der Waals surface area contributed by atoms with E-state index in [0.717, 1.165) is 38.8 Å². The lowest BCUT2D eigenvalue weighted by atomic mass is 9.92. The first-order chi connectivity index (χ1) is 6.33. The number of piperidine rings is 1. The maximum absolute atomic E-state index is 11.4. The maximum Gasteiger partial charge on any atom is 0.225 e. The Morgan fingerprint density at radius 2 is 2.15 bits per heavy atom. The van der Waals surface area contributed by atoms with Crippen LogP contribution in [-0.4, -0.2) is 36.0 Å². The van der Waals surface area contributed by atoms with E-state index in [1.807, 2.05) is 0 Å². The normalized spacial score (nSPS) is 30.4. The number of hydrogen-bond donors (Lipinski definition) is 1. The third-order valence-corrected chi connectivity index (χ3v) is 3.26. The molecule has 1 unspecified atom stereocenters. The zero-order valence-electron chi connectivity index (χ0n) is 8.25. The van der Waals surface area contributed by atoms with E-state index in [-0.39, 0.29) is 0 Å². The van der Waals surface area contributed by atoms with Crippen molar-refractivity contribution in [1.82, 2.24) is 10.2 Å². The van der Waals surface area contributed by atoms with Crippen molar-refractivity contribution in [2.75, 3.05) is 13.1 Å². The van der Waals surface area contributed by atoms with Crippen LogP contribution in [0, 0.1) is 0 Å². The highest BCUT2D eigenvalue weighted by molar-refractivity contribution is 5.83. The van der Waals surface area contributed by atoms with Gasteiger partial charge in [-0.3, -0.25) is 4.79 Å². The molecule has 2 saturated heterocycles. The summed E-state index contributed by atoms with van der Waals surface area (Å²) in [7, 11) is 0. The van der Waals surface area contributed by atoms with Gasteiger partial charge in [0.05, 0.1) is 0 Å². The average Bonchev–Trinajstić information content (AvgIpc) is 2.15. The topological polar surface area (TPSA) is 32.3 Å². The largest absolute Gasteiger partial charge is 0.336 e. The molecule has 0 radical (unpaired) electrons. The van der Waals surface area contributed by atoms with Gasteiger partial charge in [-0.1, -0.05) is 6.92 Å². The van der Waals surface area contributed by atoms with E-state index in [4.69, 9.17) is 0 Å². The summed E-state index contributed by atoms with van der Waals surface area (Å²) in [6.07, 6.45) is 4.20. The zero-order valence-corrected chi connectivity index (χ0v) is 8.25. The van der Waals surface area contributed by atoms with Gasteiger partial charge < -0.3 is 10.2 Å². The summed E-state index contributed by atoms with van der Waals surface area (Å²) in [6, 6.07) is 1.09. The first kappa shape index (κ1) is 9.00. The second kappa shape index (κ2) is 3.66. The molecule has 2 fully saturated rings. The molecule has 1 N–H and O–H groups in total. The van der Waals surface area contributed by atoms with Gasteiger partial charge in [0.1, 0.15) is 0 Å². The van der Waals surface area contributed by atoms with Crippen LogP contribution in [0.1, 0.15) is 32.6 Å². The van der Waals surface area contributed by atoms with Crippen molar-refractivity contribution in [3.63, 3.8) is 0 Å². The van der Waals surface area contributed by atoms with Crippen LogP contribution in [0.15, 0.2) is 0 Å². The maximum atomic E-state index is 11.4. The molecule has 0 bridgehead atoms. The lowest BCUT2D eigenvalue weighted by Crippen LogP contribution is -2.59. The molecule has 2 aliphatic heterocycles. The van der Waals surface area contributed by atoms with Crippen LogP contribution in [0.4, 0.5) is 0 Å². The van der Waals surface area contributed by atoms with Gasteiger partial charge in [-0.05, 0) is 32.4 Å². The number of amides is 1. The number of likely N-dealkylation sites (tertiary alicyclic amines) is 1. The Kier molecular flexibility index (Phi) is 2.54. The molecular weight excluding hydrogens is 164 g/mol. The van der Waals surface area contributed by atoms with Crippen molar-refractivity contribution < 1.29 is 4.79 Å². The minimum Gasteiger partial charge on any atom is -0.336 e. The highest BCUT2D eigenvalue weighted by atomic mass is 16.2. The fraction of sp³-hybridized carbons (Fsp3) is 0.900. The lowest BCUT2D eigenvalue weighted by Gasteiger charge is -2.47. The Balaban J connectivity index is 1.93. The summed E-state index contributed by atoms with van der Waals surface area (Å²) >= 11 is 0. The lowest BCUT2D eigenvalue weighted by molar-refractivity contribution is -0.151. The second-order valence-corrected chi connectivity index (χ2v) is 4.05. The van der Waals surface area contributed by atoms with E-state index in [1.165, 1.54) is 0 Å². The summed E-state index contributed by atoms with van der Waals surface area (Å²) < 4.78 is 0. The number of rotatable bonds is 2. The summed E-state index contributed by atoms with van der Waals surface area (Å²) in [6.45, 7) is 4.32. The van der Waals surface area contributed by atoms with E-state index in [1.54, 1.807) is 0 Å². The van der Waals surface area contributed by atoms with Gasteiger partial charge in [-0.25, -0.2) is 0 Å². The molecule has 13 heavy (non-hydrogen) atoms. The van der Waals surface area contributed by atoms with Crippen LogP contribution in [-0.2, 0) is 4.79 Å². The number of carbonyl (C=O) groups is 1. The van der Waals surface area contributed by atoms with Gasteiger partial charge in [0.25, 0.3) is 0 Å². The number of hydrogen-bond acceptors (Lipinski definition) is 2. The van der Waals surface area contributed by atoms with Gasteiger partial charge in [0, 0.05) is 18.5 Å². The Labute approximate surface area is 79.5 Å². The predicted octanol–water partition coefficient (Wildman–Crippen LogP) is 0.749. The number of nitrogens with one attached hydrogen (secondary N) is 1. The molecule has 0 spiro atoms. The molecule has 2 aliphatic rings. The SMILES string of the molecule is CCC1CC(=O)N1C1CCNCC1. The van der Waals surface area contributed by atoms with Crippen molar-refractivity contribution in [2.45, 2.75) is 44.7 Å². The zero-order chi connectivity index (χ0) is 9.26. The molecule has 0 saturated carbocycles. The van der Waals surface area contributed by atoms with Crippen molar-refractivity contribution in [3.8, 4) is 0 Å². The van der Waals surface area contributed by atoms with E-state index in [2.05, 4.69) is 17.1 Å². The molecule has 1 atom stereocenters. The fourth-order valence-corrected chi connectivity index (χ4v) is 2.42. The molecule has 3 heteroatoms. The summed E-state index contributed by atoms with van der Waals surface area (Å²) in [4.78, 5) is 13.5. The Morgan fingerprint density at radius 3 is 2.69 bits per heavy atom. The minimum absolute atomic E-state index is 0.374. The van der Waals surface area contributed by atoms with Crippen LogP contribution in [0.25, 0.3) is 0 Å². The van der Waals surface area contributed by atoms with Gasteiger partial charge in [-0.15, -0.1) is 0 Å². The van der Waals surface area contributed by atoms with E-state index in [0.29, 0.717) is 18.0 Å². The molecule has 2 heterocycles. The molecule has 3 nitrogen and oxygen atoms in total. The molecule has 0 aliphatic carbocycles. The average molecular weight is 182 g/mol. The first-order valence-electron chi connectivity index (χ1n) is 5.34.